The van der Waals surface area contributed by atoms with Gasteiger partial charge in [0.05, 0.1) is 24.1 Å². The molecule has 0 radical (unpaired) electrons. The molecule has 0 fully saturated rings. The summed E-state index contributed by atoms with van der Waals surface area (Å²) in [5, 5.41) is 9.58. The molecule has 154 valence electrons. The molecule has 0 saturated carbocycles. The van der Waals surface area contributed by atoms with Gasteiger partial charge in [-0.15, -0.1) is 5.11 Å². The van der Waals surface area contributed by atoms with Crippen LogP contribution in [0.4, 0.5) is 10.1 Å². The third kappa shape index (κ3) is 6.07. The summed E-state index contributed by atoms with van der Waals surface area (Å²) < 4.78 is 18.9. The predicted octanol–water partition coefficient (Wildman–Crippen LogP) is 5.38. The van der Waals surface area contributed by atoms with Crippen LogP contribution in [-0.4, -0.2) is 25.1 Å². The molecule has 2 rings (SSSR count). The van der Waals surface area contributed by atoms with Crippen LogP contribution < -0.4 is 5.01 Å². The van der Waals surface area contributed by atoms with Crippen LogP contribution in [0.25, 0.3) is 11.3 Å². The maximum atomic E-state index is 14.2. The van der Waals surface area contributed by atoms with Gasteiger partial charge in [0, 0.05) is 13.2 Å². The second-order valence-electron chi connectivity index (χ2n) is 6.24. The smallest absolute Gasteiger partial charge is 0.337 e. The summed E-state index contributed by atoms with van der Waals surface area (Å²) in [4.78, 5) is 15.8. The molecule has 1 heterocycles. The molecule has 0 spiro atoms. The number of carbonyl (C=O) groups is 1. The van der Waals surface area contributed by atoms with E-state index in [4.69, 9.17) is 0 Å². The second-order valence-corrected chi connectivity index (χ2v) is 6.24. The Bertz CT molecular complexity index is 1030. The molecule has 30 heavy (non-hydrogen) atoms. The maximum Gasteiger partial charge on any atom is 0.337 e. The minimum absolute atomic E-state index is 0.299. The van der Waals surface area contributed by atoms with E-state index in [0.29, 0.717) is 28.2 Å². The number of esters is 1. The van der Waals surface area contributed by atoms with Crippen molar-refractivity contribution in [1.29, 1.82) is 0 Å². The molecule has 0 bridgehead atoms. The fourth-order valence-corrected chi connectivity index (χ4v) is 2.39. The lowest BCUT2D eigenvalue weighted by Crippen LogP contribution is -2.08. The van der Waals surface area contributed by atoms with E-state index in [1.807, 2.05) is 6.07 Å². The van der Waals surface area contributed by atoms with Gasteiger partial charge in [-0.05, 0) is 54.5 Å². The lowest BCUT2D eigenvalue weighted by molar-refractivity contribution is -0.135. The van der Waals surface area contributed by atoms with E-state index in [9.17, 15) is 9.18 Å². The van der Waals surface area contributed by atoms with Crippen LogP contribution >= 0.6 is 0 Å². The van der Waals surface area contributed by atoms with Gasteiger partial charge in [-0.3, -0.25) is 4.98 Å². The highest BCUT2D eigenvalue weighted by molar-refractivity contribution is 5.92. The van der Waals surface area contributed by atoms with Gasteiger partial charge in [-0.2, -0.15) is 0 Å². The molecule has 6 nitrogen and oxygen atoms in total. The standard InChI is InChI=1S/C23H23FN4O2/c1-6-18(23(29)30-5)11-10-16(2)19-13-20(24)15-21(14-19)28(4)27-26-17(3)22-9-7-8-12-25-22/h6-15H,1,3H2,2,4-5H3/b16-10+,18-11+,27-26?. The van der Waals surface area contributed by atoms with Crippen molar-refractivity contribution in [2.75, 3.05) is 19.2 Å². The third-order valence-electron chi connectivity index (χ3n) is 4.13. The first-order chi connectivity index (χ1) is 14.3. The average molecular weight is 406 g/mol. The lowest BCUT2D eigenvalue weighted by atomic mass is 10.1. The van der Waals surface area contributed by atoms with Gasteiger partial charge in [0.2, 0.25) is 0 Å². The molecule has 0 saturated heterocycles. The summed E-state index contributed by atoms with van der Waals surface area (Å²) in [5.41, 5.74) is 3.15. The van der Waals surface area contributed by atoms with Crippen LogP contribution in [0.15, 0.2) is 89.9 Å². The van der Waals surface area contributed by atoms with E-state index in [0.717, 1.165) is 5.57 Å². The molecular weight excluding hydrogens is 383 g/mol. The normalized spacial score (nSPS) is 12.0. The number of rotatable bonds is 8. The molecule has 0 atom stereocenters. The van der Waals surface area contributed by atoms with E-state index in [2.05, 4.69) is 33.2 Å². The molecule has 2 aromatic rings. The minimum Gasteiger partial charge on any atom is -0.465 e. The summed E-state index contributed by atoms with van der Waals surface area (Å²) in [6.45, 7) is 9.23. The number of allylic oxidation sites excluding steroid dienone is 3. The molecule has 1 aromatic carbocycles. The average Bonchev–Trinajstić information content (AvgIpc) is 2.77. The summed E-state index contributed by atoms with van der Waals surface area (Å²) >= 11 is 0. The maximum absolute atomic E-state index is 14.2. The van der Waals surface area contributed by atoms with E-state index in [1.165, 1.54) is 30.3 Å². The zero-order valence-electron chi connectivity index (χ0n) is 17.2. The Balaban J connectivity index is 2.25. The predicted molar refractivity (Wildman–Crippen MR) is 117 cm³/mol. The fourth-order valence-electron chi connectivity index (χ4n) is 2.39. The van der Waals surface area contributed by atoms with Crippen molar-refractivity contribution >= 4 is 22.9 Å². The molecule has 7 heteroatoms. The van der Waals surface area contributed by atoms with Crippen LogP contribution in [0.5, 0.6) is 0 Å². The van der Waals surface area contributed by atoms with Crippen LogP contribution in [-0.2, 0) is 9.53 Å². The fraction of sp³-hybridized carbons (Fsp3) is 0.130. The molecule has 0 aliphatic rings. The van der Waals surface area contributed by atoms with Crippen molar-refractivity contribution in [1.82, 2.24) is 4.98 Å². The topological polar surface area (TPSA) is 67.2 Å². The number of pyridine rings is 1. The largest absolute Gasteiger partial charge is 0.465 e. The van der Waals surface area contributed by atoms with Crippen LogP contribution in [0.1, 0.15) is 18.2 Å². The van der Waals surface area contributed by atoms with Gasteiger partial charge in [-0.1, -0.05) is 36.6 Å². The molecule has 0 aliphatic carbocycles. The van der Waals surface area contributed by atoms with Crippen molar-refractivity contribution < 1.29 is 13.9 Å². The van der Waals surface area contributed by atoms with Crippen molar-refractivity contribution in [2.45, 2.75) is 6.92 Å². The number of benzene rings is 1. The summed E-state index contributed by atoms with van der Waals surface area (Å²) in [7, 11) is 2.95. The molecule has 0 aliphatic heterocycles. The summed E-state index contributed by atoms with van der Waals surface area (Å²) in [6, 6.07) is 9.90. The van der Waals surface area contributed by atoms with Gasteiger partial charge >= 0.3 is 5.97 Å². The summed E-state index contributed by atoms with van der Waals surface area (Å²) in [5.74, 6) is -0.927. The highest BCUT2D eigenvalue weighted by atomic mass is 19.1. The molecule has 1 aromatic heterocycles. The Labute approximate surface area is 175 Å². The van der Waals surface area contributed by atoms with E-state index in [1.54, 1.807) is 50.5 Å². The second kappa shape index (κ2) is 10.6. The van der Waals surface area contributed by atoms with Crippen LogP contribution in [0.2, 0.25) is 0 Å². The van der Waals surface area contributed by atoms with E-state index in [-0.39, 0.29) is 0 Å². The first-order valence-electron chi connectivity index (χ1n) is 9.01. The Morgan fingerprint density at radius 2 is 2.03 bits per heavy atom. The van der Waals surface area contributed by atoms with E-state index >= 15 is 0 Å². The van der Waals surface area contributed by atoms with Gasteiger partial charge in [0.15, 0.2) is 0 Å². The molecule has 0 N–H and O–H groups in total. The van der Waals surface area contributed by atoms with Crippen molar-refractivity contribution in [3.05, 3.63) is 96.6 Å². The molecule has 0 unspecified atom stereocenters. The first-order valence-corrected chi connectivity index (χ1v) is 9.01. The van der Waals surface area contributed by atoms with Crippen molar-refractivity contribution in [2.24, 2.45) is 10.3 Å². The first kappa shape index (κ1) is 22.4. The quantitative estimate of drug-likeness (QED) is 0.194. The minimum atomic E-state index is -0.498. The number of halogens is 1. The Hall–Kier alpha value is -3.87. The van der Waals surface area contributed by atoms with Gasteiger partial charge in [0.1, 0.15) is 11.5 Å². The number of nitrogens with zero attached hydrogens (tertiary/aromatic N) is 4. The Morgan fingerprint density at radius 3 is 2.67 bits per heavy atom. The van der Waals surface area contributed by atoms with Crippen LogP contribution in [0, 0.1) is 5.82 Å². The summed E-state index contributed by atoms with van der Waals surface area (Å²) in [6.07, 6.45) is 6.30. The van der Waals surface area contributed by atoms with Crippen LogP contribution in [0.3, 0.4) is 0 Å². The SMILES string of the molecule is C=C/C(=C\C=C(/C)c1cc(F)cc(N(C)N=NC(=C)c2ccccn2)c1)C(=O)OC. The number of hydrogen-bond donors (Lipinski definition) is 0. The van der Waals surface area contributed by atoms with E-state index < -0.39 is 11.8 Å². The number of methoxy groups -OCH3 is 1. The Kier molecular flexibility index (Phi) is 7.93. The highest BCUT2D eigenvalue weighted by Gasteiger charge is 2.08. The number of ether oxygens (including phenoxy) is 1. The van der Waals surface area contributed by atoms with Gasteiger partial charge < -0.3 is 4.74 Å². The third-order valence-corrected chi connectivity index (χ3v) is 4.13. The number of aromatic nitrogens is 1. The van der Waals surface area contributed by atoms with Gasteiger partial charge in [0.25, 0.3) is 0 Å². The molecule has 0 amide bonds. The van der Waals surface area contributed by atoms with Gasteiger partial charge in [-0.25, -0.2) is 14.2 Å². The van der Waals surface area contributed by atoms with Crippen molar-refractivity contribution in [3.8, 4) is 0 Å². The number of hydrogen-bond acceptors (Lipinski definition) is 5. The number of anilines is 1. The zero-order valence-corrected chi connectivity index (χ0v) is 17.2. The number of carbonyl (C=O) groups excluding carboxylic acids is 1. The van der Waals surface area contributed by atoms with Crippen molar-refractivity contribution in [3.63, 3.8) is 0 Å². The monoisotopic (exact) mass is 406 g/mol. The zero-order chi connectivity index (χ0) is 22.1. The lowest BCUT2D eigenvalue weighted by Gasteiger charge is -2.14. The Morgan fingerprint density at radius 1 is 1.27 bits per heavy atom. The molecular formula is C23H23FN4O2. The highest BCUT2D eigenvalue weighted by Crippen LogP contribution is 2.24.